The van der Waals surface area contributed by atoms with Crippen molar-refractivity contribution < 1.29 is 23.8 Å². The van der Waals surface area contributed by atoms with E-state index in [1.807, 2.05) is 13.8 Å². The van der Waals surface area contributed by atoms with Crippen molar-refractivity contribution >= 4 is 17.7 Å². The first kappa shape index (κ1) is 18.3. The number of nitrogens with zero attached hydrogens (tertiary/aromatic N) is 2. The number of ether oxygens (including phenoxy) is 3. The third-order valence-corrected chi connectivity index (χ3v) is 3.39. The fourth-order valence-electron chi connectivity index (χ4n) is 2.19. The molecule has 0 fully saturated rings. The minimum atomic E-state index is -0.678. The molecule has 0 aliphatic heterocycles. The maximum atomic E-state index is 12.2. The number of aromatic nitrogens is 2. The van der Waals surface area contributed by atoms with E-state index in [0.29, 0.717) is 17.3 Å². The molecular formula is C17H21N3O5. The monoisotopic (exact) mass is 347 g/mol. The molecule has 0 saturated heterocycles. The van der Waals surface area contributed by atoms with Crippen LogP contribution in [0.3, 0.4) is 0 Å². The maximum Gasteiger partial charge on any atom is 0.342 e. The second-order valence-corrected chi connectivity index (χ2v) is 5.45. The van der Waals surface area contributed by atoms with Crippen LogP contribution < -0.4 is 14.8 Å². The summed E-state index contributed by atoms with van der Waals surface area (Å²) < 4.78 is 16.9. The van der Waals surface area contributed by atoms with Gasteiger partial charge in [-0.2, -0.15) is 5.10 Å². The number of hydrogen-bond acceptors (Lipinski definition) is 6. The lowest BCUT2D eigenvalue weighted by atomic mass is 10.2. The van der Waals surface area contributed by atoms with Crippen LogP contribution >= 0.6 is 0 Å². The molecule has 8 heteroatoms. The summed E-state index contributed by atoms with van der Waals surface area (Å²) in [6.45, 7) is 3.46. The van der Waals surface area contributed by atoms with Gasteiger partial charge in [-0.05, 0) is 32.0 Å². The highest BCUT2D eigenvalue weighted by molar-refractivity contribution is 5.96. The van der Waals surface area contributed by atoms with Gasteiger partial charge in [-0.25, -0.2) is 9.48 Å². The standard InChI is InChI=1S/C17H21N3O5/c1-11(2)20-15(7-8-18-20)19-16(21)10-25-17(22)13-9-12(23-3)5-6-14(13)24-4/h5-9,11H,10H2,1-4H3,(H,19,21). The first-order valence-electron chi connectivity index (χ1n) is 7.68. The number of esters is 1. The zero-order valence-corrected chi connectivity index (χ0v) is 14.6. The Morgan fingerprint density at radius 2 is 1.96 bits per heavy atom. The van der Waals surface area contributed by atoms with Gasteiger partial charge in [-0.15, -0.1) is 0 Å². The molecule has 0 atom stereocenters. The van der Waals surface area contributed by atoms with E-state index < -0.39 is 18.5 Å². The van der Waals surface area contributed by atoms with Crippen LogP contribution in [0.1, 0.15) is 30.2 Å². The number of carbonyl (C=O) groups excluding carboxylic acids is 2. The average Bonchev–Trinajstić information content (AvgIpc) is 3.07. The van der Waals surface area contributed by atoms with E-state index in [9.17, 15) is 9.59 Å². The summed E-state index contributed by atoms with van der Waals surface area (Å²) in [5, 5.41) is 6.78. The quantitative estimate of drug-likeness (QED) is 0.773. The summed E-state index contributed by atoms with van der Waals surface area (Å²) in [4.78, 5) is 24.2. The SMILES string of the molecule is COc1ccc(OC)c(C(=O)OCC(=O)Nc2ccnn2C(C)C)c1. The molecular weight excluding hydrogens is 326 g/mol. The van der Waals surface area contributed by atoms with Gasteiger partial charge in [0.05, 0.1) is 20.4 Å². The molecule has 0 radical (unpaired) electrons. The number of benzene rings is 1. The van der Waals surface area contributed by atoms with Gasteiger partial charge < -0.3 is 19.5 Å². The number of nitrogens with one attached hydrogen (secondary N) is 1. The normalized spacial score (nSPS) is 10.4. The van der Waals surface area contributed by atoms with Crippen LogP contribution in [0.4, 0.5) is 5.82 Å². The predicted molar refractivity (Wildman–Crippen MR) is 91.1 cm³/mol. The molecule has 1 amide bonds. The highest BCUT2D eigenvalue weighted by Gasteiger charge is 2.17. The Hall–Kier alpha value is -3.03. The number of amides is 1. The Balaban J connectivity index is 2.00. The first-order valence-corrected chi connectivity index (χ1v) is 7.68. The van der Waals surface area contributed by atoms with E-state index >= 15 is 0 Å². The Morgan fingerprint density at radius 1 is 1.20 bits per heavy atom. The topological polar surface area (TPSA) is 91.7 Å². The van der Waals surface area contributed by atoms with Gasteiger partial charge in [0.1, 0.15) is 22.9 Å². The molecule has 134 valence electrons. The van der Waals surface area contributed by atoms with Crippen LogP contribution in [-0.4, -0.2) is 42.5 Å². The third kappa shape index (κ3) is 4.50. The van der Waals surface area contributed by atoms with Gasteiger partial charge in [0.2, 0.25) is 0 Å². The Labute approximate surface area is 145 Å². The molecule has 2 rings (SSSR count). The van der Waals surface area contributed by atoms with Crippen LogP contribution in [0.15, 0.2) is 30.5 Å². The fourth-order valence-corrected chi connectivity index (χ4v) is 2.19. The molecule has 0 bridgehead atoms. The number of methoxy groups -OCH3 is 2. The largest absolute Gasteiger partial charge is 0.497 e. The van der Waals surface area contributed by atoms with Crippen LogP contribution in [-0.2, 0) is 9.53 Å². The summed E-state index contributed by atoms with van der Waals surface area (Å²) in [7, 11) is 2.93. The predicted octanol–water partition coefficient (Wildman–Crippen LogP) is 2.28. The van der Waals surface area contributed by atoms with E-state index in [-0.39, 0.29) is 11.6 Å². The molecule has 8 nitrogen and oxygen atoms in total. The molecule has 0 unspecified atom stereocenters. The fraction of sp³-hybridized carbons (Fsp3) is 0.353. The van der Waals surface area contributed by atoms with Crippen molar-refractivity contribution in [2.45, 2.75) is 19.9 Å². The zero-order valence-electron chi connectivity index (χ0n) is 14.6. The van der Waals surface area contributed by atoms with E-state index in [2.05, 4.69) is 10.4 Å². The summed E-state index contributed by atoms with van der Waals surface area (Å²) in [6.07, 6.45) is 1.59. The molecule has 1 heterocycles. The Morgan fingerprint density at radius 3 is 2.60 bits per heavy atom. The molecule has 0 spiro atoms. The smallest absolute Gasteiger partial charge is 0.342 e. The molecule has 0 aliphatic carbocycles. The highest BCUT2D eigenvalue weighted by atomic mass is 16.5. The van der Waals surface area contributed by atoms with Crippen molar-refractivity contribution in [2.24, 2.45) is 0 Å². The molecule has 0 saturated carbocycles. The second kappa shape index (κ2) is 8.18. The van der Waals surface area contributed by atoms with Crippen LogP contribution in [0.25, 0.3) is 0 Å². The second-order valence-electron chi connectivity index (χ2n) is 5.45. The number of carbonyl (C=O) groups is 2. The lowest BCUT2D eigenvalue weighted by molar-refractivity contribution is -0.119. The molecule has 0 aliphatic rings. The average molecular weight is 347 g/mol. The Bertz CT molecular complexity index is 754. The van der Waals surface area contributed by atoms with Crippen LogP contribution in [0, 0.1) is 0 Å². The van der Waals surface area contributed by atoms with Gasteiger partial charge >= 0.3 is 5.97 Å². The molecule has 1 aromatic carbocycles. The number of anilines is 1. The molecule has 25 heavy (non-hydrogen) atoms. The lowest BCUT2D eigenvalue weighted by Crippen LogP contribution is -2.23. The van der Waals surface area contributed by atoms with Gasteiger partial charge in [-0.3, -0.25) is 4.79 Å². The van der Waals surface area contributed by atoms with Gasteiger partial charge in [0.25, 0.3) is 5.91 Å². The van der Waals surface area contributed by atoms with Crippen molar-refractivity contribution in [1.82, 2.24) is 9.78 Å². The van der Waals surface area contributed by atoms with E-state index in [1.54, 1.807) is 29.1 Å². The summed E-state index contributed by atoms with van der Waals surface area (Å²) in [5.74, 6) is 0.220. The summed E-state index contributed by atoms with van der Waals surface area (Å²) in [5.41, 5.74) is 0.182. The lowest BCUT2D eigenvalue weighted by Gasteiger charge is -2.12. The zero-order chi connectivity index (χ0) is 18.4. The third-order valence-electron chi connectivity index (χ3n) is 3.39. The highest BCUT2D eigenvalue weighted by Crippen LogP contribution is 2.24. The van der Waals surface area contributed by atoms with E-state index in [4.69, 9.17) is 14.2 Å². The summed E-state index contributed by atoms with van der Waals surface area (Å²) >= 11 is 0. The van der Waals surface area contributed by atoms with E-state index in [0.717, 1.165) is 0 Å². The van der Waals surface area contributed by atoms with Crippen molar-refractivity contribution in [2.75, 3.05) is 26.1 Å². The molecule has 1 aromatic heterocycles. The minimum Gasteiger partial charge on any atom is -0.497 e. The van der Waals surface area contributed by atoms with E-state index in [1.165, 1.54) is 20.3 Å². The minimum absolute atomic E-state index is 0.0916. The van der Waals surface area contributed by atoms with Crippen molar-refractivity contribution in [3.8, 4) is 11.5 Å². The van der Waals surface area contributed by atoms with Crippen LogP contribution in [0.5, 0.6) is 11.5 Å². The van der Waals surface area contributed by atoms with Crippen molar-refractivity contribution in [1.29, 1.82) is 0 Å². The van der Waals surface area contributed by atoms with Crippen molar-refractivity contribution in [3.63, 3.8) is 0 Å². The maximum absolute atomic E-state index is 12.2. The molecule has 2 aromatic rings. The number of rotatable bonds is 7. The molecule has 1 N–H and O–H groups in total. The summed E-state index contributed by atoms with van der Waals surface area (Å²) in [6, 6.07) is 6.51. The first-order chi connectivity index (χ1) is 12.0. The number of hydrogen-bond donors (Lipinski definition) is 1. The van der Waals surface area contributed by atoms with Crippen LogP contribution in [0.2, 0.25) is 0 Å². The van der Waals surface area contributed by atoms with Gasteiger partial charge in [-0.1, -0.05) is 0 Å². The Kier molecular flexibility index (Phi) is 5.99. The van der Waals surface area contributed by atoms with Gasteiger partial charge in [0.15, 0.2) is 6.61 Å². The van der Waals surface area contributed by atoms with Gasteiger partial charge in [0, 0.05) is 12.1 Å². The van der Waals surface area contributed by atoms with Crippen molar-refractivity contribution in [3.05, 3.63) is 36.0 Å².